The van der Waals surface area contributed by atoms with E-state index in [9.17, 15) is 4.79 Å². The van der Waals surface area contributed by atoms with Crippen molar-refractivity contribution in [3.63, 3.8) is 0 Å². The third-order valence-electron chi connectivity index (χ3n) is 3.19. The number of hydrogen-bond acceptors (Lipinski definition) is 4. The van der Waals surface area contributed by atoms with Crippen molar-refractivity contribution in [1.82, 2.24) is 20.4 Å². The molecule has 2 heterocycles. The van der Waals surface area contributed by atoms with Gasteiger partial charge in [0.1, 0.15) is 0 Å². The summed E-state index contributed by atoms with van der Waals surface area (Å²) in [6.07, 6.45) is 1.65. The fourth-order valence-corrected chi connectivity index (χ4v) is 2.07. The molecular weight excluding hydrogens is 272 g/mol. The highest BCUT2D eigenvalue weighted by Gasteiger charge is 2.15. The number of carbonyl (C=O) groups is 1. The van der Waals surface area contributed by atoms with E-state index in [1.807, 2.05) is 24.3 Å². The fourth-order valence-electron chi connectivity index (χ4n) is 2.07. The van der Waals surface area contributed by atoms with Crippen LogP contribution in [0.15, 0.2) is 30.5 Å². The average molecular weight is 288 g/mol. The Balaban J connectivity index is 1.55. The number of aromatic nitrogens is 2. The molecule has 1 aliphatic heterocycles. The normalized spacial score (nSPS) is 12.2. The smallest absolute Gasteiger partial charge is 0.317 e. The predicted octanol–water partition coefficient (Wildman–Crippen LogP) is 1.48. The lowest BCUT2D eigenvalue weighted by molar-refractivity contribution is 0.174. The van der Waals surface area contributed by atoms with Crippen LogP contribution in [0.1, 0.15) is 11.3 Å². The number of amides is 2. The maximum Gasteiger partial charge on any atom is 0.317 e. The lowest BCUT2D eigenvalue weighted by Crippen LogP contribution is -2.36. The van der Waals surface area contributed by atoms with E-state index in [0.29, 0.717) is 13.1 Å². The van der Waals surface area contributed by atoms with Crippen LogP contribution in [-0.4, -0.2) is 35.0 Å². The Labute approximate surface area is 121 Å². The largest absolute Gasteiger partial charge is 0.454 e. The van der Waals surface area contributed by atoms with Gasteiger partial charge in [0.15, 0.2) is 11.5 Å². The highest BCUT2D eigenvalue weighted by Crippen LogP contribution is 2.32. The molecule has 0 radical (unpaired) electrons. The Kier molecular flexibility index (Phi) is 3.63. The van der Waals surface area contributed by atoms with E-state index < -0.39 is 0 Å². The number of H-pyrrole nitrogens is 1. The molecule has 1 aromatic heterocycles. The standard InChI is InChI=1S/C14H16N4O3/c1-18(14(19)15-7-11-4-5-16-17-11)8-10-2-3-12-13(6-10)21-9-20-12/h2-6H,7-9H2,1H3,(H,15,19)(H,16,17). The van der Waals surface area contributed by atoms with Crippen LogP contribution in [0, 0.1) is 0 Å². The van der Waals surface area contributed by atoms with Crippen LogP contribution in [0.3, 0.4) is 0 Å². The van der Waals surface area contributed by atoms with Gasteiger partial charge < -0.3 is 19.7 Å². The van der Waals surface area contributed by atoms with Gasteiger partial charge in [-0.2, -0.15) is 5.10 Å². The number of fused-ring (bicyclic) bond motifs is 1. The first kappa shape index (κ1) is 13.3. The summed E-state index contributed by atoms with van der Waals surface area (Å²) in [6, 6.07) is 7.33. The maximum atomic E-state index is 12.0. The summed E-state index contributed by atoms with van der Waals surface area (Å²) < 4.78 is 10.6. The number of carbonyl (C=O) groups excluding carboxylic acids is 1. The lowest BCUT2D eigenvalue weighted by Gasteiger charge is -2.18. The van der Waals surface area contributed by atoms with Crippen molar-refractivity contribution in [2.45, 2.75) is 13.1 Å². The Hall–Kier alpha value is -2.70. The minimum Gasteiger partial charge on any atom is -0.454 e. The zero-order valence-electron chi connectivity index (χ0n) is 11.6. The zero-order valence-corrected chi connectivity index (χ0v) is 11.6. The molecule has 0 saturated carbocycles. The third-order valence-corrected chi connectivity index (χ3v) is 3.19. The SMILES string of the molecule is CN(Cc1ccc2c(c1)OCO2)C(=O)NCc1ccn[nH]1. The number of urea groups is 1. The van der Waals surface area contributed by atoms with Gasteiger partial charge in [-0.1, -0.05) is 6.07 Å². The summed E-state index contributed by atoms with van der Waals surface area (Å²) in [5.41, 5.74) is 1.85. The van der Waals surface area contributed by atoms with Crippen molar-refractivity contribution in [3.8, 4) is 11.5 Å². The highest BCUT2D eigenvalue weighted by molar-refractivity contribution is 5.73. The molecule has 2 aromatic rings. The first-order valence-corrected chi connectivity index (χ1v) is 6.58. The second-order valence-electron chi connectivity index (χ2n) is 4.78. The molecule has 7 nitrogen and oxygen atoms in total. The monoisotopic (exact) mass is 288 g/mol. The molecule has 1 aromatic carbocycles. The van der Waals surface area contributed by atoms with Crippen molar-refractivity contribution in [2.24, 2.45) is 0 Å². The summed E-state index contributed by atoms with van der Waals surface area (Å²) in [5.74, 6) is 1.46. The van der Waals surface area contributed by atoms with E-state index in [0.717, 1.165) is 22.8 Å². The minimum absolute atomic E-state index is 0.151. The summed E-state index contributed by atoms with van der Waals surface area (Å²) >= 11 is 0. The molecular formula is C14H16N4O3. The molecule has 3 rings (SSSR count). The highest BCUT2D eigenvalue weighted by atomic mass is 16.7. The number of nitrogens with zero attached hydrogens (tertiary/aromatic N) is 2. The van der Waals surface area contributed by atoms with Crippen molar-refractivity contribution in [2.75, 3.05) is 13.8 Å². The van der Waals surface area contributed by atoms with Gasteiger partial charge in [0.25, 0.3) is 0 Å². The first-order chi connectivity index (χ1) is 10.2. The molecule has 21 heavy (non-hydrogen) atoms. The van der Waals surface area contributed by atoms with Crippen molar-refractivity contribution in [3.05, 3.63) is 41.7 Å². The molecule has 0 saturated heterocycles. The molecule has 0 bridgehead atoms. The molecule has 0 fully saturated rings. The minimum atomic E-state index is -0.151. The Morgan fingerprint density at radius 2 is 2.24 bits per heavy atom. The van der Waals surface area contributed by atoms with Gasteiger partial charge in [0.2, 0.25) is 6.79 Å². The van der Waals surface area contributed by atoms with Crippen molar-refractivity contribution < 1.29 is 14.3 Å². The van der Waals surface area contributed by atoms with Gasteiger partial charge in [-0.3, -0.25) is 5.10 Å². The quantitative estimate of drug-likeness (QED) is 0.893. The third kappa shape index (κ3) is 3.07. The van der Waals surface area contributed by atoms with E-state index in [4.69, 9.17) is 9.47 Å². The second-order valence-corrected chi connectivity index (χ2v) is 4.78. The van der Waals surface area contributed by atoms with Crippen LogP contribution in [0.5, 0.6) is 11.5 Å². The second kappa shape index (κ2) is 5.74. The Morgan fingerprint density at radius 1 is 1.38 bits per heavy atom. The van der Waals surface area contributed by atoms with Crippen LogP contribution in [0.25, 0.3) is 0 Å². The number of nitrogens with one attached hydrogen (secondary N) is 2. The van der Waals surface area contributed by atoms with Gasteiger partial charge in [-0.15, -0.1) is 0 Å². The van der Waals surface area contributed by atoms with Gasteiger partial charge in [0, 0.05) is 19.8 Å². The van der Waals surface area contributed by atoms with Crippen molar-refractivity contribution in [1.29, 1.82) is 0 Å². The van der Waals surface area contributed by atoms with E-state index in [-0.39, 0.29) is 12.8 Å². The van der Waals surface area contributed by atoms with Crippen molar-refractivity contribution >= 4 is 6.03 Å². The first-order valence-electron chi connectivity index (χ1n) is 6.58. The number of aromatic amines is 1. The fraction of sp³-hybridized carbons (Fsp3) is 0.286. The molecule has 2 amide bonds. The summed E-state index contributed by atoms with van der Waals surface area (Å²) in [7, 11) is 1.74. The molecule has 0 aliphatic carbocycles. The summed E-state index contributed by atoms with van der Waals surface area (Å²) in [4.78, 5) is 13.6. The van der Waals surface area contributed by atoms with Gasteiger partial charge in [-0.25, -0.2) is 4.79 Å². The maximum absolute atomic E-state index is 12.0. The number of hydrogen-bond donors (Lipinski definition) is 2. The summed E-state index contributed by atoms with van der Waals surface area (Å²) in [5, 5.41) is 9.44. The number of benzene rings is 1. The van der Waals surface area contributed by atoms with Crippen LogP contribution in [-0.2, 0) is 13.1 Å². The van der Waals surface area contributed by atoms with E-state index in [2.05, 4.69) is 15.5 Å². The van der Waals surface area contributed by atoms with Crippen LogP contribution < -0.4 is 14.8 Å². The molecule has 7 heteroatoms. The lowest BCUT2D eigenvalue weighted by atomic mass is 10.2. The molecule has 1 aliphatic rings. The molecule has 2 N–H and O–H groups in total. The van der Waals surface area contributed by atoms with Gasteiger partial charge in [0.05, 0.1) is 12.2 Å². The van der Waals surface area contributed by atoms with E-state index >= 15 is 0 Å². The van der Waals surface area contributed by atoms with Crippen LogP contribution in [0.4, 0.5) is 4.79 Å². The molecule has 0 unspecified atom stereocenters. The molecule has 0 atom stereocenters. The molecule has 110 valence electrons. The average Bonchev–Trinajstić information content (AvgIpc) is 3.15. The predicted molar refractivity (Wildman–Crippen MR) is 74.9 cm³/mol. The Bertz CT molecular complexity index is 627. The molecule has 0 spiro atoms. The number of rotatable bonds is 4. The Morgan fingerprint density at radius 3 is 3.05 bits per heavy atom. The van der Waals surface area contributed by atoms with Crippen LogP contribution in [0.2, 0.25) is 0 Å². The van der Waals surface area contributed by atoms with Gasteiger partial charge in [-0.05, 0) is 23.8 Å². The summed E-state index contributed by atoms with van der Waals surface area (Å²) in [6.45, 7) is 1.16. The van der Waals surface area contributed by atoms with Crippen LogP contribution >= 0.6 is 0 Å². The van der Waals surface area contributed by atoms with Gasteiger partial charge >= 0.3 is 6.03 Å². The topological polar surface area (TPSA) is 79.5 Å². The zero-order chi connectivity index (χ0) is 14.7. The van der Waals surface area contributed by atoms with E-state index in [1.54, 1.807) is 18.1 Å². The number of ether oxygens (including phenoxy) is 2. The van der Waals surface area contributed by atoms with E-state index in [1.165, 1.54) is 0 Å².